The molecule has 1 unspecified atom stereocenters. The Bertz CT molecular complexity index is 396. The highest BCUT2D eigenvalue weighted by Gasteiger charge is 2.09. The number of aryl methyl sites for hydroxylation is 1. The number of carbonyl (C=O) groups excluding carboxylic acids is 1. The second kappa shape index (κ2) is 6.47. The lowest BCUT2D eigenvalue weighted by Gasteiger charge is -2.15. The van der Waals surface area contributed by atoms with Crippen molar-refractivity contribution in [2.45, 2.75) is 32.8 Å². The number of nitrogens with one attached hydrogen (secondary N) is 1. The average Bonchev–Trinajstić information content (AvgIpc) is 2.29. The first-order valence-corrected chi connectivity index (χ1v) is 5.83. The van der Waals surface area contributed by atoms with Crippen molar-refractivity contribution in [2.24, 2.45) is 5.84 Å². The van der Waals surface area contributed by atoms with E-state index in [1.54, 1.807) is 0 Å². The van der Waals surface area contributed by atoms with Gasteiger partial charge in [0.05, 0.1) is 11.1 Å². The van der Waals surface area contributed by atoms with Crippen LogP contribution in [0.25, 0.3) is 0 Å². The maximum Gasteiger partial charge on any atom is 0.234 e. The molecule has 17 heavy (non-hydrogen) atoms. The van der Waals surface area contributed by atoms with E-state index in [4.69, 9.17) is 22.2 Å². The van der Waals surface area contributed by atoms with E-state index in [1.807, 2.05) is 32.0 Å². The van der Waals surface area contributed by atoms with Crippen LogP contribution in [0.3, 0.4) is 0 Å². The SMILES string of the molecule is Cc1ccc(OC(C)CCC(=O)NN)c(Cl)c1. The van der Waals surface area contributed by atoms with Gasteiger partial charge in [-0.25, -0.2) is 5.84 Å². The Morgan fingerprint density at radius 3 is 2.88 bits per heavy atom. The van der Waals surface area contributed by atoms with Crippen molar-refractivity contribution in [3.8, 4) is 5.75 Å². The molecule has 5 heteroatoms. The number of amides is 1. The highest BCUT2D eigenvalue weighted by atomic mass is 35.5. The third kappa shape index (κ3) is 4.63. The number of hydrogen-bond donors (Lipinski definition) is 2. The van der Waals surface area contributed by atoms with Gasteiger partial charge in [-0.05, 0) is 38.0 Å². The molecule has 1 atom stereocenters. The molecule has 0 spiro atoms. The van der Waals surface area contributed by atoms with E-state index in [1.165, 1.54) is 0 Å². The fourth-order valence-corrected chi connectivity index (χ4v) is 1.66. The van der Waals surface area contributed by atoms with Gasteiger partial charge in [0.15, 0.2) is 0 Å². The van der Waals surface area contributed by atoms with Gasteiger partial charge in [0.2, 0.25) is 5.91 Å². The standard InChI is InChI=1S/C12H17ClN2O2/c1-8-3-5-11(10(13)7-8)17-9(2)4-6-12(16)15-14/h3,5,7,9H,4,6,14H2,1-2H3,(H,15,16). The van der Waals surface area contributed by atoms with Gasteiger partial charge in [0.1, 0.15) is 5.75 Å². The first-order valence-electron chi connectivity index (χ1n) is 5.45. The minimum Gasteiger partial charge on any atom is -0.489 e. The number of ether oxygens (including phenoxy) is 1. The molecule has 0 saturated carbocycles. The molecular weight excluding hydrogens is 240 g/mol. The molecule has 0 fully saturated rings. The minimum atomic E-state index is -0.199. The zero-order valence-electron chi connectivity index (χ0n) is 10.00. The molecule has 1 aromatic rings. The first kappa shape index (κ1) is 13.8. The summed E-state index contributed by atoms with van der Waals surface area (Å²) in [6.45, 7) is 3.85. The van der Waals surface area contributed by atoms with E-state index < -0.39 is 0 Å². The third-order valence-electron chi connectivity index (χ3n) is 2.35. The van der Waals surface area contributed by atoms with Gasteiger partial charge in [0.25, 0.3) is 0 Å². The van der Waals surface area contributed by atoms with Gasteiger partial charge >= 0.3 is 0 Å². The molecule has 1 rings (SSSR count). The van der Waals surface area contributed by atoms with Crippen LogP contribution in [0.1, 0.15) is 25.3 Å². The molecule has 0 aromatic heterocycles. The van der Waals surface area contributed by atoms with Crippen molar-refractivity contribution in [3.63, 3.8) is 0 Å². The van der Waals surface area contributed by atoms with E-state index in [0.717, 1.165) is 5.56 Å². The lowest BCUT2D eigenvalue weighted by molar-refractivity contribution is -0.121. The van der Waals surface area contributed by atoms with Crippen LogP contribution in [-0.2, 0) is 4.79 Å². The molecule has 4 nitrogen and oxygen atoms in total. The lowest BCUT2D eigenvalue weighted by atomic mass is 10.2. The molecule has 0 aliphatic heterocycles. The largest absolute Gasteiger partial charge is 0.489 e. The molecule has 1 amide bonds. The smallest absolute Gasteiger partial charge is 0.234 e. The van der Waals surface area contributed by atoms with Gasteiger partial charge in [-0.15, -0.1) is 0 Å². The van der Waals surface area contributed by atoms with Crippen LogP contribution in [0.5, 0.6) is 5.75 Å². The first-order chi connectivity index (χ1) is 8.02. The summed E-state index contributed by atoms with van der Waals surface area (Å²) in [6, 6.07) is 5.61. The molecule has 0 aliphatic carbocycles. The average molecular weight is 257 g/mol. The molecule has 1 aromatic carbocycles. The van der Waals surface area contributed by atoms with E-state index in [-0.39, 0.29) is 12.0 Å². The number of hydrazine groups is 1. The molecule has 0 radical (unpaired) electrons. The Hall–Kier alpha value is -1.26. The number of halogens is 1. The van der Waals surface area contributed by atoms with E-state index >= 15 is 0 Å². The molecule has 94 valence electrons. The Labute approximate surface area is 106 Å². The number of carbonyl (C=O) groups is 1. The van der Waals surface area contributed by atoms with Gasteiger partial charge in [-0.1, -0.05) is 17.7 Å². The van der Waals surface area contributed by atoms with Crippen LogP contribution < -0.4 is 16.0 Å². The minimum absolute atomic E-state index is 0.0903. The monoisotopic (exact) mass is 256 g/mol. The molecule has 0 aliphatic rings. The summed E-state index contributed by atoms with van der Waals surface area (Å²) in [4.78, 5) is 11.0. The second-order valence-corrected chi connectivity index (χ2v) is 4.38. The molecule has 0 bridgehead atoms. The third-order valence-corrected chi connectivity index (χ3v) is 2.65. The highest BCUT2D eigenvalue weighted by molar-refractivity contribution is 6.32. The van der Waals surface area contributed by atoms with Crippen molar-refractivity contribution >= 4 is 17.5 Å². The summed E-state index contributed by atoms with van der Waals surface area (Å²) in [6.07, 6.45) is 0.835. The van der Waals surface area contributed by atoms with E-state index in [2.05, 4.69) is 5.43 Å². The zero-order valence-corrected chi connectivity index (χ0v) is 10.8. The fourth-order valence-electron chi connectivity index (χ4n) is 1.38. The quantitative estimate of drug-likeness (QED) is 0.482. The van der Waals surface area contributed by atoms with E-state index in [0.29, 0.717) is 23.6 Å². The summed E-state index contributed by atoms with van der Waals surface area (Å²) < 4.78 is 5.64. The Balaban J connectivity index is 2.50. The molecule has 3 N–H and O–H groups in total. The second-order valence-electron chi connectivity index (χ2n) is 3.97. The van der Waals surface area contributed by atoms with Crippen LogP contribution in [0.4, 0.5) is 0 Å². The van der Waals surface area contributed by atoms with Gasteiger partial charge in [-0.2, -0.15) is 0 Å². The van der Waals surface area contributed by atoms with Crippen LogP contribution in [0, 0.1) is 6.92 Å². The Morgan fingerprint density at radius 2 is 2.29 bits per heavy atom. The van der Waals surface area contributed by atoms with Crippen LogP contribution in [-0.4, -0.2) is 12.0 Å². The summed E-state index contributed by atoms with van der Waals surface area (Å²) >= 11 is 6.04. The van der Waals surface area contributed by atoms with Gasteiger partial charge < -0.3 is 4.74 Å². The van der Waals surface area contributed by atoms with Crippen molar-refractivity contribution < 1.29 is 9.53 Å². The normalized spacial score (nSPS) is 12.0. The maximum atomic E-state index is 11.0. The summed E-state index contributed by atoms with van der Waals surface area (Å²) in [7, 11) is 0. The van der Waals surface area contributed by atoms with Crippen LogP contribution in [0.15, 0.2) is 18.2 Å². The predicted octanol–water partition coefficient (Wildman–Crippen LogP) is 2.19. The van der Waals surface area contributed by atoms with Gasteiger partial charge in [0, 0.05) is 6.42 Å². The van der Waals surface area contributed by atoms with E-state index in [9.17, 15) is 4.79 Å². The van der Waals surface area contributed by atoms with Crippen molar-refractivity contribution in [1.29, 1.82) is 0 Å². The Kier molecular flexibility index (Phi) is 5.25. The summed E-state index contributed by atoms with van der Waals surface area (Å²) in [5.74, 6) is 5.43. The number of hydrogen-bond acceptors (Lipinski definition) is 3. The highest BCUT2D eigenvalue weighted by Crippen LogP contribution is 2.26. The number of rotatable bonds is 5. The van der Waals surface area contributed by atoms with Crippen molar-refractivity contribution in [1.82, 2.24) is 5.43 Å². The summed E-state index contributed by atoms with van der Waals surface area (Å²) in [5.41, 5.74) is 3.16. The van der Waals surface area contributed by atoms with Gasteiger partial charge in [-0.3, -0.25) is 10.2 Å². The summed E-state index contributed by atoms with van der Waals surface area (Å²) in [5, 5.41) is 0.583. The lowest BCUT2D eigenvalue weighted by Crippen LogP contribution is -2.30. The molecule has 0 saturated heterocycles. The fraction of sp³-hybridized carbons (Fsp3) is 0.417. The van der Waals surface area contributed by atoms with Crippen LogP contribution >= 0.6 is 11.6 Å². The molecular formula is C12H17ClN2O2. The zero-order chi connectivity index (χ0) is 12.8. The predicted molar refractivity (Wildman–Crippen MR) is 67.8 cm³/mol. The number of nitrogens with two attached hydrogens (primary N) is 1. The number of benzene rings is 1. The topological polar surface area (TPSA) is 64.3 Å². The van der Waals surface area contributed by atoms with Crippen molar-refractivity contribution in [3.05, 3.63) is 28.8 Å². The molecule has 0 heterocycles. The van der Waals surface area contributed by atoms with Crippen molar-refractivity contribution in [2.75, 3.05) is 0 Å². The maximum absolute atomic E-state index is 11.0. The Morgan fingerprint density at radius 1 is 1.59 bits per heavy atom. The van der Waals surface area contributed by atoms with Crippen LogP contribution in [0.2, 0.25) is 5.02 Å².